The second-order valence-corrected chi connectivity index (χ2v) is 4.99. The molecule has 5 heteroatoms. The van der Waals surface area contributed by atoms with E-state index in [1.807, 2.05) is 13.8 Å². The minimum absolute atomic E-state index is 0.0133. The summed E-state index contributed by atoms with van der Waals surface area (Å²) in [5.41, 5.74) is 2.46. The molecule has 1 aliphatic heterocycles. The quantitative estimate of drug-likeness (QED) is 0.745. The van der Waals surface area contributed by atoms with Crippen LogP contribution in [0.3, 0.4) is 0 Å². The molecule has 4 nitrogen and oxygen atoms in total. The van der Waals surface area contributed by atoms with Gasteiger partial charge in [0.25, 0.3) is 5.91 Å². The Balaban J connectivity index is 2.12. The lowest BCUT2D eigenvalue weighted by molar-refractivity contribution is -0.124. The monoisotopic (exact) mass is 238 g/mol. The van der Waals surface area contributed by atoms with Crippen molar-refractivity contribution in [2.45, 2.75) is 20.3 Å². The highest BCUT2D eigenvalue weighted by atomic mass is 32.1. The van der Waals surface area contributed by atoms with Crippen molar-refractivity contribution in [3.63, 3.8) is 0 Å². The highest BCUT2D eigenvalue weighted by Gasteiger charge is 2.28. The van der Waals surface area contributed by atoms with Crippen LogP contribution in [0, 0.1) is 12.8 Å². The van der Waals surface area contributed by atoms with E-state index in [-0.39, 0.29) is 17.6 Å². The topological polar surface area (TPSA) is 50.3 Å². The zero-order chi connectivity index (χ0) is 11.7. The number of carbonyl (C=O) groups is 2. The van der Waals surface area contributed by atoms with E-state index >= 15 is 0 Å². The number of thiazole rings is 1. The fourth-order valence-corrected chi connectivity index (χ4v) is 2.62. The minimum Gasteiger partial charge on any atom is -0.337 e. The number of ketones is 1. The van der Waals surface area contributed by atoms with Gasteiger partial charge in [-0.2, -0.15) is 0 Å². The number of hydrogen-bond acceptors (Lipinski definition) is 4. The van der Waals surface area contributed by atoms with E-state index in [2.05, 4.69) is 4.98 Å². The van der Waals surface area contributed by atoms with Gasteiger partial charge >= 0.3 is 0 Å². The smallest absolute Gasteiger partial charge is 0.265 e. The normalized spacial score (nSPS) is 21.2. The van der Waals surface area contributed by atoms with E-state index in [0.717, 1.165) is 5.69 Å². The van der Waals surface area contributed by atoms with Crippen LogP contribution >= 0.6 is 11.3 Å². The van der Waals surface area contributed by atoms with Gasteiger partial charge in [-0.3, -0.25) is 9.59 Å². The van der Waals surface area contributed by atoms with Gasteiger partial charge in [0.2, 0.25) is 0 Å². The average Bonchev–Trinajstić information content (AvgIpc) is 2.67. The van der Waals surface area contributed by atoms with E-state index in [4.69, 9.17) is 0 Å². The molecular weight excluding hydrogens is 224 g/mol. The maximum atomic E-state index is 12.1. The summed E-state index contributed by atoms with van der Waals surface area (Å²) in [7, 11) is 0. The van der Waals surface area contributed by atoms with Crippen LogP contribution in [0.15, 0.2) is 5.51 Å². The number of likely N-dealkylation sites (tertiary alicyclic amines) is 1. The Hall–Kier alpha value is -1.23. The fourth-order valence-electron chi connectivity index (χ4n) is 1.85. The van der Waals surface area contributed by atoms with Crippen molar-refractivity contribution in [3.8, 4) is 0 Å². The number of hydrogen-bond donors (Lipinski definition) is 0. The number of aryl methyl sites for hydroxylation is 1. The Morgan fingerprint density at radius 1 is 1.62 bits per heavy atom. The summed E-state index contributed by atoms with van der Waals surface area (Å²) >= 11 is 1.37. The number of amides is 1. The first-order valence-electron chi connectivity index (χ1n) is 5.31. The summed E-state index contributed by atoms with van der Waals surface area (Å²) < 4.78 is 0. The van der Waals surface area contributed by atoms with Crippen molar-refractivity contribution >= 4 is 23.0 Å². The van der Waals surface area contributed by atoms with Crippen molar-refractivity contribution in [1.29, 1.82) is 0 Å². The van der Waals surface area contributed by atoms with Crippen LogP contribution in [0.25, 0.3) is 0 Å². The summed E-state index contributed by atoms with van der Waals surface area (Å²) in [4.78, 5) is 30.0. The van der Waals surface area contributed by atoms with Gasteiger partial charge in [0.05, 0.1) is 11.2 Å². The molecule has 0 bridgehead atoms. The van der Waals surface area contributed by atoms with Gasteiger partial charge in [-0.05, 0) is 6.92 Å². The number of Topliss-reactive ketones (excluding diaryl/α,β-unsaturated/α-hetero) is 1. The highest BCUT2D eigenvalue weighted by Crippen LogP contribution is 2.19. The van der Waals surface area contributed by atoms with Crippen molar-refractivity contribution in [2.24, 2.45) is 5.92 Å². The average molecular weight is 238 g/mol. The van der Waals surface area contributed by atoms with Crippen molar-refractivity contribution in [3.05, 3.63) is 16.1 Å². The molecule has 1 aromatic heterocycles. The zero-order valence-corrected chi connectivity index (χ0v) is 10.2. The highest BCUT2D eigenvalue weighted by molar-refractivity contribution is 7.11. The standard InChI is InChI=1S/C11H14N2O2S/c1-7-5-13(4-3-9(7)14)11(15)10-8(2)12-6-16-10/h6-7H,3-5H2,1-2H3. The molecule has 1 unspecified atom stereocenters. The lowest BCUT2D eigenvalue weighted by atomic mass is 9.98. The molecule has 1 atom stereocenters. The first-order chi connectivity index (χ1) is 7.59. The molecule has 1 saturated heterocycles. The Bertz CT molecular complexity index is 427. The molecule has 1 amide bonds. The summed E-state index contributed by atoms with van der Waals surface area (Å²) in [5.74, 6) is 0.232. The largest absolute Gasteiger partial charge is 0.337 e. The lowest BCUT2D eigenvalue weighted by Gasteiger charge is -2.29. The van der Waals surface area contributed by atoms with Crippen LogP contribution in [-0.4, -0.2) is 34.7 Å². The number of aromatic nitrogens is 1. The Morgan fingerprint density at radius 3 is 2.94 bits per heavy atom. The van der Waals surface area contributed by atoms with Crippen molar-refractivity contribution < 1.29 is 9.59 Å². The van der Waals surface area contributed by atoms with Crippen molar-refractivity contribution in [1.82, 2.24) is 9.88 Å². The number of rotatable bonds is 1. The molecular formula is C11H14N2O2S. The fraction of sp³-hybridized carbons (Fsp3) is 0.545. The van der Waals surface area contributed by atoms with Crippen LogP contribution in [0.4, 0.5) is 0 Å². The van der Waals surface area contributed by atoms with E-state index in [1.54, 1.807) is 10.4 Å². The van der Waals surface area contributed by atoms with Crippen LogP contribution in [-0.2, 0) is 4.79 Å². The van der Waals surface area contributed by atoms with Gasteiger partial charge in [0.15, 0.2) is 0 Å². The van der Waals surface area contributed by atoms with E-state index < -0.39 is 0 Å². The summed E-state index contributed by atoms with van der Waals surface area (Å²) in [6.45, 7) is 4.79. The second-order valence-electron chi connectivity index (χ2n) is 4.14. The molecule has 16 heavy (non-hydrogen) atoms. The second kappa shape index (κ2) is 4.33. The van der Waals surface area contributed by atoms with Crippen LogP contribution < -0.4 is 0 Å². The van der Waals surface area contributed by atoms with Gasteiger partial charge in [-0.15, -0.1) is 11.3 Å². The number of nitrogens with zero attached hydrogens (tertiary/aromatic N) is 2. The molecule has 0 aromatic carbocycles. The maximum Gasteiger partial charge on any atom is 0.265 e. The minimum atomic E-state index is -0.0362. The third-order valence-corrected chi connectivity index (χ3v) is 3.82. The molecule has 1 aromatic rings. The predicted molar refractivity (Wildman–Crippen MR) is 61.5 cm³/mol. The molecule has 0 N–H and O–H groups in total. The van der Waals surface area contributed by atoms with Gasteiger partial charge in [0, 0.05) is 25.4 Å². The third-order valence-electron chi connectivity index (χ3n) is 2.90. The summed E-state index contributed by atoms with van der Waals surface area (Å²) in [5, 5.41) is 0. The molecule has 2 rings (SSSR count). The van der Waals surface area contributed by atoms with Crippen LogP contribution in [0.5, 0.6) is 0 Å². The zero-order valence-electron chi connectivity index (χ0n) is 9.40. The summed E-state index contributed by atoms with van der Waals surface area (Å²) in [6, 6.07) is 0. The molecule has 2 heterocycles. The predicted octanol–water partition coefficient (Wildman–Crippen LogP) is 1.50. The number of carbonyl (C=O) groups excluding carboxylic acids is 2. The Kier molecular flexibility index (Phi) is 3.05. The first-order valence-corrected chi connectivity index (χ1v) is 6.19. The lowest BCUT2D eigenvalue weighted by Crippen LogP contribution is -2.43. The first kappa shape index (κ1) is 11.3. The SMILES string of the molecule is Cc1ncsc1C(=O)N1CCC(=O)C(C)C1. The summed E-state index contributed by atoms with van der Waals surface area (Å²) in [6.07, 6.45) is 0.477. The Labute approximate surface area is 98.3 Å². The van der Waals surface area contributed by atoms with E-state index in [1.165, 1.54) is 11.3 Å². The van der Waals surface area contributed by atoms with Gasteiger partial charge in [0.1, 0.15) is 10.7 Å². The molecule has 1 fully saturated rings. The Morgan fingerprint density at radius 2 is 2.38 bits per heavy atom. The maximum absolute atomic E-state index is 12.1. The molecule has 0 saturated carbocycles. The number of piperidine rings is 1. The third kappa shape index (κ3) is 2.00. The molecule has 86 valence electrons. The van der Waals surface area contributed by atoms with E-state index in [9.17, 15) is 9.59 Å². The van der Waals surface area contributed by atoms with Gasteiger partial charge < -0.3 is 4.90 Å². The molecule has 1 aliphatic rings. The van der Waals surface area contributed by atoms with Crippen LogP contribution in [0.1, 0.15) is 28.7 Å². The van der Waals surface area contributed by atoms with Gasteiger partial charge in [-0.1, -0.05) is 6.92 Å². The van der Waals surface area contributed by atoms with E-state index in [0.29, 0.717) is 24.4 Å². The molecule has 0 aliphatic carbocycles. The van der Waals surface area contributed by atoms with Crippen molar-refractivity contribution in [2.75, 3.05) is 13.1 Å². The molecule has 0 spiro atoms. The van der Waals surface area contributed by atoms with Crippen LogP contribution in [0.2, 0.25) is 0 Å². The molecule has 0 radical (unpaired) electrons. The van der Waals surface area contributed by atoms with Gasteiger partial charge in [-0.25, -0.2) is 4.98 Å².